The molecule has 0 spiro atoms. The van der Waals surface area contributed by atoms with Crippen LogP contribution in [-0.4, -0.2) is 9.97 Å². The number of hydrogen-bond donors (Lipinski definition) is 2. The van der Waals surface area contributed by atoms with E-state index >= 15 is 0 Å². The Kier molecular flexibility index (Phi) is 2.92. The maximum Gasteiger partial charge on any atom is 0.230 e. The fraction of sp³-hybridized carbons (Fsp3) is 0.0909. The van der Waals surface area contributed by atoms with Crippen molar-refractivity contribution >= 4 is 29.1 Å². The number of nitrogens with one attached hydrogen (secondary N) is 1. The highest BCUT2D eigenvalue weighted by Gasteiger charge is 2.01. The largest absolute Gasteiger partial charge is 0.383 e. The molecule has 0 aliphatic rings. The first-order valence-corrected chi connectivity index (χ1v) is 5.15. The zero-order valence-electron chi connectivity index (χ0n) is 8.74. The first-order valence-electron chi connectivity index (χ1n) is 4.77. The van der Waals surface area contributed by atoms with Gasteiger partial charge in [0.1, 0.15) is 11.0 Å². The molecule has 0 bridgehead atoms. The van der Waals surface area contributed by atoms with Crippen LogP contribution < -0.4 is 11.1 Å². The van der Waals surface area contributed by atoms with Gasteiger partial charge in [-0.2, -0.15) is 4.98 Å². The van der Waals surface area contributed by atoms with Crippen LogP contribution in [0.3, 0.4) is 0 Å². The maximum absolute atomic E-state index is 5.77. The summed E-state index contributed by atoms with van der Waals surface area (Å²) in [5.41, 5.74) is 7.65. The molecule has 1 aromatic carbocycles. The quantitative estimate of drug-likeness (QED) is 0.785. The average Bonchev–Trinajstić information content (AvgIpc) is 2.20. The van der Waals surface area contributed by atoms with Crippen molar-refractivity contribution in [1.29, 1.82) is 0 Å². The van der Waals surface area contributed by atoms with Gasteiger partial charge in [-0.15, -0.1) is 0 Å². The summed E-state index contributed by atoms with van der Waals surface area (Å²) in [4.78, 5) is 8.04. The highest BCUT2D eigenvalue weighted by Crippen LogP contribution is 2.17. The van der Waals surface area contributed by atoms with Crippen molar-refractivity contribution in [3.63, 3.8) is 0 Å². The monoisotopic (exact) mass is 234 g/mol. The smallest absolute Gasteiger partial charge is 0.230 e. The van der Waals surface area contributed by atoms with Gasteiger partial charge in [0, 0.05) is 11.8 Å². The zero-order valence-corrected chi connectivity index (χ0v) is 9.49. The van der Waals surface area contributed by atoms with Crippen molar-refractivity contribution in [2.75, 3.05) is 11.1 Å². The Morgan fingerprint density at radius 2 is 1.88 bits per heavy atom. The summed E-state index contributed by atoms with van der Waals surface area (Å²) in [6.45, 7) is 2.03. The van der Waals surface area contributed by atoms with Crippen LogP contribution in [0.5, 0.6) is 0 Å². The van der Waals surface area contributed by atoms with E-state index in [0.717, 1.165) is 5.69 Å². The van der Waals surface area contributed by atoms with Crippen molar-refractivity contribution in [3.05, 3.63) is 41.0 Å². The van der Waals surface area contributed by atoms with E-state index < -0.39 is 0 Å². The third kappa shape index (κ3) is 2.61. The van der Waals surface area contributed by atoms with Gasteiger partial charge in [-0.1, -0.05) is 29.3 Å². The second-order valence-electron chi connectivity index (χ2n) is 3.43. The molecular weight excluding hydrogens is 224 g/mol. The molecule has 2 aromatic rings. The van der Waals surface area contributed by atoms with Gasteiger partial charge in [0.2, 0.25) is 5.95 Å². The van der Waals surface area contributed by atoms with Crippen molar-refractivity contribution in [3.8, 4) is 0 Å². The lowest BCUT2D eigenvalue weighted by molar-refractivity contribution is 1.17. The Labute approximate surface area is 98.5 Å². The van der Waals surface area contributed by atoms with Gasteiger partial charge in [0.15, 0.2) is 0 Å². The predicted molar refractivity (Wildman–Crippen MR) is 65.9 cm³/mol. The number of aromatic nitrogens is 2. The maximum atomic E-state index is 5.77. The fourth-order valence-corrected chi connectivity index (χ4v) is 1.45. The second-order valence-corrected chi connectivity index (χ2v) is 3.82. The lowest BCUT2D eigenvalue weighted by Crippen LogP contribution is -2.00. The van der Waals surface area contributed by atoms with E-state index in [-0.39, 0.29) is 0 Å². The summed E-state index contributed by atoms with van der Waals surface area (Å²) >= 11 is 5.77. The van der Waals surface area contributed by atoms with E-state index in [2.05, 4.69) is 15.3 Å². The van der Waals surface area contributed by atoms with Crippen LogP contribution in [0.25, 0.3) is 0 Å². The fourth-order valence-electron chi connectivity index (χ4n) is 1.26. The highest BCUT2D eigenvalue weighted by atomic mass is 35.5. The first kappa shape index (κ1) is 10.7. The summed E-state index contributed by atoms with van der Waals surface area (Å²) in [6.07, 6.45) is 0. The minimum absolute atomic E-state index is 0.321. The van der Waals surface area contributed by atoms with Crippen molar-refractivity contribution in [2.45, 2.75) is 6.92 Å². The Balaban J connectivity index is 2.23. The molecule has 0 saturated heterocycles. The Hall–Kier alpha value is -1.81. The minimum Gasteiger partial charge on any atom is -0.383 e. The molecule has 4 nitrogen and oxygen atoms in total. The summed E-state index contributed by atoms with van der Waals surface area (Å²) in [5.74, 6) is 0.739. The molecule has 2 rings (SSSR count). The van der Waals surface area contributed by atoms with Crippen molar-refractivity contribution < 1.29 is 0 Å². The normalized spacial score (nSPS) is 10.1. The number of nitrogens with zero attached hydrogens (tertiary/aromatic N) is 2. The van der Waals surface area contributed by atoms with Crippen molar-refractivity contribution in [1.82, 2.24) is 9.97 Å². The molecule has 0 saturated carbocycles. The number of halogens is 1. The van der Waals surface area contributed by atoms with Crippen LogP contribution in [0.15, 0.2) is 30.3 Å². The minimum atomic E-state index is 0.321. The van der Waals surface area contributed by atoms with E-state index in [1.807, 2.05) is 31.2 Å². The van der Waals surface area contributed by atoms with Crippen LogP contribution >= 0.6 is 11.6 Å². The number of rotatable bonds is 2. The Bertz CT molecular complexity index is 476. The molecule has 0 radical (unpaired) electrons. The van der Waals surface area contributed by atoms with Crippen molar-refractivity contribution in [2.24, 2.45) is 0 Å². The number of anilines is 3. The summed E-state index contributed by atoms with van der Waals surface area (Å²) in [6, 6.07) is 9.37. The topological polar surface area (TPSA) is 63.8 Å². The summed E-state index contributed by atoms with van der Waals surface area (Å²) < 4.78 is 0. The van der Waals surface area contributed by atoms with Crippen LogP contribution in [0, 0.1) is 6.92 Å². The lowest BCUT2D eigenvalue weighted by atomic mass is 10.2. The number of aryl methyl sites for hydroxylation is 1. The molecule has 5 heteroatoms. The molecule has 0 aliphatic carbocycles. The van der Waals surface area contributed by atoms with Crippen LogP contribution in [0.2, 0.25) is 5.15 Å². The van der Waals surface area contributed by atoms with Gasteiger partial charge in [-0.05, 0) is 19.1 Å². The van der Waals surface area contributed by atoms with E-state index in [1.165, 1.54) is 11.6 Å². The third-order valence-corrected chi connectivity index (χ3v) is 2.22. The molecule has 0 fully saturated rings. The van der Waals surface area contributed by atoms with Crippen LogP contribution in [0.4, 0.5) is 17.5 Å². The molecule has 0 atom stereocenters. The number of hydrogen-bond acceptors (Lipinski definition) is 4. The average molecular weight is 235 g/mol. The molecule has 0 unspecified atom stereocenters. The number of nitrogens with two attached hydrogens (primary N) is 1. The van der Waals surface area contributed by atoms with E-state index in [9.17, 15) is 0 Å². The summed E-state index contributed by atoms with van der Waals surface area (Å²) in [7, 11) is 0. The standard InChI is InChI=1S/C11H11ClN4/c1-7-2-4-8(5-3-7)14-11-15-9(12)6-10(13)16-11/h2-6H,1H3,(H3,13,14,15,16). The van der Waals surface area contributed by atoms with E-state index in [0.29, 0.717) is 16.9 Å². The van der Waals surface area contributed by atoms with Gasteiger partial charge in [-0.3, -0.25) is 0 Å². The molecule has 3 N–H and O–H groups in total. The van der Waals surface area contributed by atoms with Gasteiger partial charge in [-0.25, -0.2) is 4.98 Å². The van der Waals surface area contributed by atoms with Gasteiger partial charge >= 0.3 is 0 Å². The predicted octanol–water partition coefficient (Wildman–Crippen LogP) is 2.76. The Morgan fingerprint density at radius 3 is 2.50 bits per heavy atom. The molecular formula is C11H11ClN4. The molecule has 16 heavy (non-hydrogen) atoms. The first-order chi connectivity index (χ1) is 7.63. The zero-order chi connectivity index (χ0) is 11.5. The van der Waals surface area contributed by atoms with Crippen LogP contribution in [0.1, 0.15) is 5.56 Å². The number of benzene rings is 1. The van der Waals surface area contributed by atoms with Crippen LogP contribution in [-0.2, 0) is 0 Å². The molecule has 1 aromatic heterocycles. The highest BCUT2D eigenvalue weighted by molar-refractivity contribution is 6.29. The number of nitrogen functional groups attached to an aromatic ring is 1. The van der Waals surface area contributed by atoms with Gasteiger partial charge in [0.25, 0.3) is 0 Å². The second kappa shape index (κ2) is 4.37. The van der Waals surface area contributed by atoms with E-state index in [1.54, 1.807) is 0 Å². The third-order valence-electron chi connectivity index (χ3n) is 2.02. The lowest BCUT2D eigenvalue weighted by Gasteiger charge is -2.05. The SMILES string of the molecule is Cc1ccc(Nc2nc(N)cc(Cl)n2)cc1. The molecule has 0 amide bonds. The molecule has 1 heterocycles. The molecule has 0 aliphatic heterocycles. The van der Waals surface area contributed by atoms with E-state index in [4.69, 9.17) is 17.3 Å². The van der Waals surface area contributed by atoms with Gasteiger partial charge in [0.05, 0.1) is 0 Å². The summed E-state index contributed by atoms with van der Waals surface area (Å²) in [5, 5.41) is 3.35. The van der Waals surface area contributed by atoms with Gasteiger partial charge < -0.3 is 11.1 Å². The molecule has 82 valence electrons. The Morgan fingerprint density at radius 1 is 1.19 bits per heavy atom.